The van der Waals surface area contributed by atoms with Crippen LogP contribution in [0.3, 0.4) is 0 Å². The molecule has 0 saturated carbocycles. The van der Waals surface area contributed by atoms with Crippen LogP contribution in [0.2, 0.25) is 0 Å². The number of ether oxygens (including phenoxy) is 1. The second-order valence-corrected chi connectivity index (χ2v) is 7.24. The first-order valence-electron chi connectivity index (χ1n) is 9.72. The van der Waals surface area contributed by atoms with Gasteiger partial charge in [-0.15, -0.1) is 0 Å². The summed E-state index contributed by atoms with van der Waals surface area (Å²) in [6.45, 7) is 2.35. The molecule has 1 aliphatic heterocycles. The third-order valence-electron chi connectivity index (χ3n) is 5.38. The minimum Gasteiger partial charge on any atom is -0.494 e. The largest absolute Gasteiger partial charge is 0.494 e. The number of carbonyl (C=O) groups excluding carboxylic acids is 1. The second kappa shape index (κ2) is 8.16. The fourth-order valence-corrected chi connectivity index (χ4v) is 3.93. The molecular weight excluding hydrogens is 373 g/mol. The first kappa shape index (κ1) is 19.3. The summed E-state index contributed by atoms with van der Waals surface area (Å²) in [5, 5.41) is 5.75. The van der Waals surface area contributed by atoms with Gasteiger partial charge in [0.15, 0.2) is 17.2 Å². The van der Waals surface area contributed by atoms with Gasteiger partial charge in [-0.3, -0.25) is 4.79 Å². The van der Waals surface area contributed by atoms with Gasteiger partial charge in [0, 0.05) is 37.1 Å². The van der Waals surface area contributed by atoms with Crippen LogP contribution in [0.4, 0.5) is 4.39 Å². The molecule has 0 bridgehead atoms. The van der Waals surface area contributed by atoms with Crippen LogP contribution in [-0.4, -0.2) is 52.3 Å². The summed E-state index contributed by atoms with van der Waals surface area (Å²) < 4.78 is 20.7. The van der Waals surface area contributed by atoms with Gasteiger partial charge in [-0.05, 0) is 36.2 Å². The molecule has 1 fully saturated rings. The molecule has 7 nitrogen and oxygen atoms in total. The molecule has 1 amide bonds. The molecule has 1 atom stereocenters. The van der Waals surface area contributed by atoms with Crippen molar-refractivity contribution in [3.8, 4) is 5.75 Å². The normalized spacial score (nSPS) is 16.5. The van der Waals surface area contributed by atoms with E-state index in [9.17, 15) is 9.18 Å². The number of pyridine rings is 1. The molecule has 0 aliphatic carbocycles. The van der Waals surface area contributed by atoms with E-state index >= 15 is 0 Å². The number of carbonyl (C=O) groups is 1. The summed E-state index contributed by atoms with van der Waals surface area (Å²) in [5.74, 6) is -0.143. The molecular formula is C21H24FN5O2. The third-order valence-corrected chi connectivity index (χ3v) is 5.38. The SMILES string of the molecule is COc1ccc(CC(=O)N2CCC(c3nn(CCN)c4ncccc34)C2)cc1F. The smallest absolute Gasteiger partial charge is 0.227 e. The van der Waals surface area contributed by atoms with E-state index in [0.717, 1.165) is 23.1 Å². The molecule has 0 radical (unpaired) electrons. The van der Waals surface area contributed by atoms with Crippen LogP contribution in [0.25, 0.3) is 11.0 Å². The standard InChI is InChI=1S/C21H24FN5O2/c1-29-18-5-4-14(11-17(18)22)12-19(28)26-9-6-15(13-26)20-16-3-2-8-24-21(16)27(25-20)10-7-23/h2-5,8,11,15H,6-7,9-10,12-13,23H2,1H3. The van der Waals surface area contributed by atoms with Crippen LogP contribution < -0.4 is 10.5 Å². The van der Waals surface area contributed by atoms with Crippen molar-refractivity contribution in [2.45, 2.75) is 25.3 Å². The van der Waals surface area contributed by atoms with Crippen molar-refractivity contribution >= 4 is 16.9 Å². The van der Waals surface area contributed by atoms with E-state index in [1.807, 2.05) is 21.7 Å². The van der Waals surface area contributed by atoms with Gasteiger partial charge in [-0.2, -0.15) is 5.10 Å². The summed E-state index contributed by atoms with van der Waals surface area (Å²) in [5.41, 5.74) is 8.13. The lowest BCUT2D eigenvalue weighted by atomic mass is 10.0. The van der Waals surface area contributed by atoms with Crippen molar-refractivity contribution in [2.75, 3.05) is 26.7 Å². The average molecular weight is 397 g/mol. The molecule has 3 heterocycles. The lowest BCUT2D eigenvalue weighted by Gasteiger charge is -2.16. The van der Waals surface area contributed by atoms with Crippen LogP contribution >= 0.6 is 0 Å². The predicted molar refractivity (Wildman–Crippen MR) is 107 cm³/mol. The van der Waals surface area contributed by atoms with E-state index in [2.05, 4.69) is 4.98 Å². The second-order valence-electron chi connectivity index (χ2n) is 7.24. The zero-order valence-corrected chi connectivity index (χ0v) is 16.3. The van der Waals surface area contributed by atoms with Gasteiger partial charge in [0.25, 0.3) is 0 Å². The molecule has 1 unspecified atom stereocenters. The molecule has 29 heavy (non-hydrogen) atoms. The number of halogens is 1. The van der Waals surface area contributed by atoms with Gasteiger partial charge in [-0.1, -0.05) is 6.07 Å². The number of amides is 1. The highest BCUT2D eigenvalue weighted by Gasteiger charge is 2.30. The summed E-state index contributed by atoms with van der Waals surface area (Å²) in [4.78, 5) is 19.0. The fraction of sp³-hybridized carbons (Fsp3) is 0.381. The van der Waals surface area contributed by atoms with Crippen molar-refractivity contribution in [3.05, 3.63) is 53.6 Å². The number of likely N-dealkylation sites (tertiary alicyclic amines) is 1. The van der Waals surface area contributed by atoms with Gasteiger partial charge in [0.1, 0.15) is 0 Å². The molecule has 1 saturated heterocycles. The monoisotopic (exact) mass is 397 g/mol. The Bertz CT molecular complexity index is 1040. The minimum atomic E-state index is -0.457. The highest BCUT2D eigenvalue weighted by molar-refractivity contribution is 5.81. The van der Waals surface area contributed by atoms with Crippen LogP contribution in [0.15, 0.2) is 36.5 Å². The van der Waals surface area contributed by atoms with Gasteiger partial charge < -0.3 is 15.4 Å². The Morgan fingerprint density at radius 2 is 2.24 bits per heavy atom. The molecule has 4 rings (SSSR count). The molecule has 3 aromatic rings. The number of aromatic nitrogens is 3. The summed E-state index contributed by atoms with van der Waals surface area (Å²) in [7, 11) is 1.42. The van der Waals surface area contributed by atoms with Crippen molar-refractivity contribution in [2.24, 2.45) is 5.73 Å². The zero-order valence-electron chi connectivity index (χ0n) is 16.3. The van der Waals surface area contributed by atoms with Crippen molar-refractivity contribution in [1.29, 1.82) is 0 Å². The van der Waals surface area contributed by atoms with Crippen LogP contribution in [-0.2, 0) is 17.8 Å². The Hall–Kier alpha value is -3.00. The maximum absolute atomic E-state index is 13.9. The molecule has 2 aromatic heterocycles. The number of methoxy groups -OCH3 is 1. The Kier molecular flexibility index (Phi) is 5.44. The van der Waals surface area contributed by atoms with Crippen molar-refractivity contribution in [3.63, 3.8) is 0 Å². The molecule has 8 heteroatoms. The number of rotatable bonds is 6. The molecule has 1 aromatic carbocycles. The summed E-state index contributed by atoms with van der Waals surface area (Å²) in [6, 6.07) is 8.55. The molecule has 1 aliphatic rings. The number of fused-ring (bicyclic) bond motifs is 1. The lowest BCUT2D eigenvalue weighted by molar-refractivity contribution is -0.129. The summed E-state index contributed by atoms with van der Waals surface area (Å²) in [6.07, 6.45) is 2.75. The van der Waals surface area contributed by atoms with E-state index in [4.69, 9.17) is 15.6 Å². The van der Waals surface area contributed by atoms with E-state index in [0.29, 0.717) is 31.7 Å². The minimum absolute atomic E-state index is 0.0131. The first-order valence-corrected chi connectivity index (χ1v) is 9.72. The van der Waals surface area contributed by atoms with Gasteiger partial charge in [0.2, 0.25) is 5.91 Å². The van der Waals surface area contributed by atoms with Gasteiger partial charge in [-0.25, -0.2) is 14.1 Å². The number of nitrogens with zero attached hydrogens (tertiary/aromatic N) is 4. The number of benzene rings is 1. The Morgan fingerprint density at radius 1 is 1.38 bits per heavy atom. The van der Waals surface area contributed by atoms with Crippen LogP contribution in [0.1, 0.15) is 23.6 Å². The summed E-state index contributed by atoms with van der Waals surface area (Å²) >= 11 is 0. The van der Waals surface area contributed by atoms with E-state index < -0.39 is 5.82 Å². The van der Waals surface area contributed by atoms with E-state index in [-0.39, 0.29) is 24.0 Å². The van der Waals surface area contributed by atoms with Gasteiger partial charge >= 0.3 is 0 Å². The van der Waals surface area contributed by atoms with Crippen molar-refractivity contribution in [1.82, 2.24) is 19.7 Å². The van der Waals surface area contributed by atoms with E-state index in [1.54, 1.807) is 18.3 Å². The van der Waals surface area contributed by atoms with Gasteiger partial charge in [0.05, 0.1) is 25.8 Å². The zero-order chi connectivity index (χ0) is 20.4. The molecule has 2 N–H and O–H groups in total. The highest BCUT2D eigenvalue weighted by atomic mass is 19.1. The fourth-order valence-electron chi connectivity index (χ4n) is 3.93. The van der Waals surface area contributed by atoms with Crippen LogP contribution in [0.5, 0.6) is 5.75 Å². The maximum Gasteiger partial charge on any atom is 0.227 e. The predicted octanol–water partition coefficient (Wildman–Crippen LogP) is 2.10. The third kappa shape index (κ3) is 3.80. The Balaban J connectivity index is 1.48. The number of nitrogens with two attached hydrogens (primary N) is 1. The number of hydrogen-bond acceptors (Lipinski definition) is 5. The van der Waals surface area contributed by atoms with Crippen molar-refractivity contribution < 1.29 is 13.9 Å². The lowest BCUT2D eigenvalue weighted by Crippen LogP contribution is -2.30. The number of hydrogen-bond donors (Lipinski definition) is 1. The van der Waals surface area contributed by atoms with E-state index in [1.165, 1.54) is 13.2 Å². The quantitative estimate of drug-likeness (QED) is 0.688. The topological polar surface area (TPSA) is 86.3 Å². The first-order chi connectivity index (χ1) is 14.1. The molecule has 0 spiro atoms. The Morgan fingerprint density at radius 3 is 3.00 bits per heavy atom. The Labute approximate surface area is 168 Å². The molecule has 152 valence electrons. The maximum atomic E-state index is 13.9. The average Bonchev–Trinajstić information content (AvgIpc) is 3.34. The highest BCUT2D eigenvalue weighted by Crippen LogP contribution is 2.31. The van der Waals surface area contributed by atoms with Crippen LogP contribution in [0, 0.1) is 5.82 Å².